The molecule has 0 aliphatic rings. The van der Waals surface area contributed by atoms with Gasteiger partial charge >= 0.3 is 0 Å². The van der Waals surface area contributed by atoms with E-state index in [-0.39, 0.29) is 34.7 Å². The van der Waals surface area contributed by atoms with E-state index in [1.54, 1.807) is 6.07 Å². The molecule has 26 heavy (non-hydrogen) atoms. The molecule has 0 saturated carbocycles. The van der Waals surface area contributed by atoms with Crippen LogP contribution < -0.4 is 10.6 Å². The van der Waals surface area contributed by atoms with Gasteiger partial charge in [0.05, 0.1) is 17.7 Å². The number of anilines is 1. The van der Waals surface area contributed by atoms with Crippen molar-refractivity contribution in [2.45, 2.75) is 13.8 Å². The zero-order chi connectivity index (χ0) is 19.4. The number of hydrogen-bond donors (Lipinski definition) is 2. The number of nitrogens with zero attached hydrogens (tertiary/aromatic N) is 2. The molecule has 0 unspecified atom stereocenters. The summed E-state index contributed by atoms with van der Waals surface area (Å²) in [7, 11) is 1.50. The number of Topliss-reactive ketones (excluding diaryl/α,β-unsaturated/α-hetero) is 1. The first kappa shape index (κ1) is 19.3. The predicted molar refractivity (Wildman–Crippen MR) is 92.1 cm³/mol. The number of benzene rings is 1. The largest absolute Gasteiger partial charge is 0.342 e. The van der Waals surface area contributed by atoms with E-state index < -0.39 is 23.3 Å². The van der Waals surface area contributed by atoms with Gasteiger partial charge < -0.3 is 15.2 Å². The third-order valence-corrected chi connectivity index (χ3v) is 4.00. The van der Waals surface area contributed by atoms with Crippen molar-refractivity contribution < 1.29 is 18.4 Å². The lowest BCUT2D eigenvalue weighted by molar-refractivity contribution is 0.0979. The van der Waals surface area contributed by atoms with Gasteiger partial charge in [0.15, 0.2) is 11.6 Å². The number of carbonyl (C=O) groups is 2. The Kier molecular flexibility index (Phi) is 5.85. The maximum Gasteiger partial charge on any atom is 0.260 e. The van der Waals surface area contributed by atoms with Crippen molar-refractivity contribution >= 4 is 17.4 Å². The summed E-state index contributed by atoms with van der Waals surface area (Å²) in [5, 5.41) is 14.1. The molecule has 2 aromatic rings. The Morgan fingerprint density at radius 2 is 2.00 bits per heavy atom. The number of amides is 1. The topological polar surface area (TPSA) is 86.9 Å². The second kappa shape index (κ2) is 7.89. The number of carbonyl (C=O) groups excluding carboxylic acids is 2. The van der Waals surface area contributed by atoms with E-state index in [0.717, 1.165) is 12.1 Å². The molecular weight excluding hydrogens is 342 g/mol. The average Bonchev–Trinajstić information content (AvgIpc) is 2.83. The molecule has 0 radical (unpaired) electrons. The predicted octanol–water partition coefficient (Wildman–Crippen LogP) is 2.53. The van der Waals surface area contributed by atoms with Crippen LogP contribution in [0.1, 0.15) is 39.0 Å². The van der Waals surface area contributed by atoms with Crippen molar-refractivity contribution in [2.75, 3.05) is 18.4 Å². The van der Waals surface area contributed by atoms with Gasteiger partial charge in [-0.2, -0.15) is 5.26 Å². The number of halogens is 2. The van der Waals surface area contributed by atoms with Gasteiger partial charge in [-0.3, -0.25) is 9.59 Å². The molecule has 2 N–H and O–H groups in total. The van der Waals surface area contributed by atoms with E-state index >= 15 is 0 Å². The van der Waals surface area contributed by atoms with Crippen molar-refractivity contribution in [1.29, 1.82) is 5.26 Å². The second-order valence-electron chi connectivity index (χ2n) is 5.65. The van der Waals surface area contributed by atoms with E-state index in [1.165, 1.54) is 24.6 Å². The van der Waals surface area contributed by atoms with Crippen LogP contribution >= 0.6 is 0 Å². The van der Waals surface area contributed by atoms with Gasteiger partial charge in [-0.1, -0.05) is 6.92 Å². The van der Waals surface area contributed by atoms with Crippen molar-refractivity contribution in [3.8, 4) is 6.07 Å². The molecule has 1 heterocycles. The van der Waals surface area contributed by atoms with Crippen molar-refractivity contribution in [1.82, 2.24) is 9.88 Å². The summed E-state index contributed by atoms with van der Waals surface area (Å²) >= 11 is 0. The summed E-state index contributed by atoms with van der Waals surface area (Å²) in [6.07, 6.45) is 0. The number of likely N-dealkylation sites (N-methyl/N-ethyl adjacent to an activating group) is 1. The minimum atomic E-state index is -0.909. The summed E-state index contributed by atoms with van der Waals surface area (Å²) in [5.41, 5.74) is -0.270. The molecule has 0 bridgehead atoms. The Morgan fingerprint density at radius 1 is 1.31 bits per heavy atom. The number of nitriles is 1. The lowest BCUT2D eigenvalue weighted by Gasteiger charge is -2.06. The lowest BCUT2D eigenvalue weighted by Crippen LogP contribution is -2.25. The molecule has 1 aromatic heterocycles. The molecule has 0 spiro atoms. The Morgan fingerprint density at radius 3 is 2.62 bits per heavy atom. The normalized spacial score (nSPS) is 10.5. The zero-order valence-electron chi connectivity index (χ0n) is 14.6. The van der Waals surface area contributed by atoms with Gasteiger partial charge in [0.2, 0.25) is 0 Å². The van der Waals surface area contributed by atoms with Gasteiger partial charge in [-0.25, -0.2) is 8.78 Å². The average molecular weight is 360 g/mol. The van der Waals surface area contributed by atoms with Crippen LogP contribution in [0.4, 0.5) is 14.5 Å². The van der Waals surface area contributed by atoms with Crippen LogP contribution in [0, 0.1) is 29.9 Å². The van der Waals surface area contributed by atoms with Crippen LogP contribution in [-0.2, 0) is 7.05 Å². The summed E-state index contributed by atoms with van der Waals surface area (Å²) in [4.78, 5) is 24.7. The molecule has 0 aliphatic carbocycles. The minimum Gasteiger partial charge on any atom is -0.342 e. The summed E-state index contributed by atoms with van der Waals surface area (Å²) in [6.45, 7) is 3.84. The van der Waals surface area contributed by atoms with Crippen LogP contribution in [-0.4, -0.2) is 29.3 Å². The highest BCUT2D eigenvalue weighted by atomic mass is 19.1. The molecule has 1 aromatic carbocycles. The van der Waals surface area contributed by atoms with Gasteiger partial charge in [0, 0.05) is 18.4 Å². The Labute approximate surface area is 149 Å². The molecule has 2 rings (SSSR count). The van der Waals surface area contributed by atoms with Crippen molar-refractivity contribution in [2.24, 2.45) is 7.05 Å². The molecule has 136 valence electrons. The highest BCUT2D eigenvalue weighted by molar-refractivity contribution is 6.08. The fourth-order valence-corrected chi connectivity index (χ4v) is 2.54. The highest BCUT2D eigenvalue weighted by Gasteiger charge is 2.27. The first-order valence-corrected chi connectivity index (χ1v) is 7.91. The SMILES string of the molecule is CCNCC(=O)c1c(F)c(C(=O)Nc2ccc(F)c(C#N)c2)c(C)n1C. The molecule has 6 nitrogen and oxygen atoms in total. The fourth-order valence-electron chi connectivity index (χ4n) is 2.54. The van der Waals surface area contributed by atoms with E-state index in [1.807, 2.05) is 6.92 Å². The lowest BCUT2D eigenvalue weighted by atomic mass is 10.1. The van der Waals surface area contributed by atoms with Gasteiger partial charge in [0.25, 0.3) is 5.91 Å². The summed E-state index contributed by atoms with van der Waals surface area (Å²) in [6, 6.07) is 5.12. The quantitative estimate of drug-likeness (QED) is 0.775. The number of aromatic nitrogens is 1. The first-order valence-electron chi connectivity index (χ1n) is 7.91. The van der Waals surface area contributed by atoms with E-state index in [9.17, 15) is 18.4 Å². The molecule has 8 heteroatoms. The van der Waals surface area contributed by atoms with Gasteiger partial charge in [0.1, 0.15) is 17.6 Å². The standard InChI is InChI=1S/C18H18F2N4O2/c1-4-22-9-14(25)17-16(20)15(10(2)24(17)3)18(26)23-12-5-6-13(19)11(7-12)8-21/h5-7,22H,4,9H2,1-3H3,(H,23,26). The summed E-state index contributed by atoms with van der Waals surface area (Å²) < 4.78 is 29.4. The van der Waals surface area contributed by atoms with Crippen LogP contribution in [0.3, 0.4) is 0 Å². The number of hydrogen-bond acceptors (Lipinski definition) is 4. The Bertz CT molecular complexity index is 913. The van der Waals surface area contributed by atoms with Crippen LogP contribution in [0.5, 0.6) is 0 Å². The Balaban J connectivity index is 2.35. The molecule has 0 saturated heterocycles. The number of ketones is 1. The Hall–Kier alpha value is -3.05. The fraction of sp³-hybridized carbons (Fsp3) is 0.278. The van der Waals surface area contributed by atoms with Crippen molar-refractivity contribution in [3.05, 3.63) is 52.3 Å². The number of nitrogens with one attached hydrogen (secondary N) is 2. The first-order chi connectivity index (χ1) is 12.3. The summed E-state index contributed by atoms with van der Waals surface area (Å²) in [5.74, 6) is -2.88. The third-order valence-electron chi connectivity index (χ3n) is 4.00. The van der Waals surface area contributed by atoms with Crippen LogP contribution in [0.2, 0.25) is 0 Å². The van der Waals surface area contributed by atoms with Crippen LogP contribution in [0.25, 0.3) is 0 Å². The smallest absolute Gasteiger partial charge is 0.260 e. The molecule has 1 amide bonds. The number of rotatable bonds is 6. The van der Waals surface area contributed by atoms with Gasteiger partial charge in [-0.15, -0.1) is 0 Å². The minimum absolute atomic E-state index is 0.0464. The molecule has 0 fully saturated rings. The molecule has 0 atom stereocenters. The van der Waals surface area contributed by atoms with E-state index in [0.29, 0.717) is 6.54 Å². The maximum atomic E-state index is 14.8. The van der Waals surface area contributed by atoms with E-state index in [4.69, 9.17) is 5.26 Å². The maximum absolute atomic E-state index is 14.8. The monoisotopic (exact) mass is 360 g/mol. The van der Waals surface area contributed by atoms with E-state index in [2.05, 4.69) is 10.6 Å². The molecule has 0 aliphatic heterocycles. The zero-order valence-corrected chi connectivity index (χ0v) is 14.6. The van der Waals surface area contributed by atoms with Gasteiger partial charge in [-0.05, 0) is 31.7 Å². The van der Waals surface area contributed by atoms with Crippen LogP contribution in [0.15, 0.2) is 18.2 Å². The highest BCUT2D eigenvalue weighted by Crippen LogP contribution is 2.23. The third kappa shape index (κ3) is 3.63. The molecular formula is C18H18F2N4O2. The van der Waals surface area contributed by atoms with Crippen molar-refractivity contribution in [3.63, 3.8) is 0 Å². The second-order valence-corrected chi connectivity index (χ2v) is 5.65.